The monoisotopic (exact) mass is 282 g/mol. The molecule has 2 rings (SSSR count). The lowest BCUT2D eigenvalue weighted by atomic mass is 10.2. The predicted molar refractivity (Wildman–Crippen MR) is 80.7 cm³/mol. The first-order valence-electron chi connectivity index (χ1n) is 6.84. The van der Waals surface area contributed by atoms with Crippen molar-refractivity contribution in [2.75, 3.05) is 25.1 Å². The Hall–Kier alpha value is -2.45. The zero-order valence-electron chi connectivity index (χ0n) is 12.1. The third-order valence-corrected chi connectivity index (χ3v) is 3.04. The van der Waals surface area contributed by atoms with Crippen LogP contribution < -0.4 is 4.90 Å². The van der Waals surface area contributed by atoms with Gasteiger partial charge in [-0.15, -0.1) is 0 Å². The van der Waals surface area contributed by atoms with Crippen molar-refractivity contribution in [1.29, 1.82) is 5.26 Å². The zero-order valence-corrected chi connectivity index (χ0v) is 12.1. The van der Waals surface area contributed by atoms with Crippen LogP contribution in [0.15, 0.2) is 42.7 Å². The number of hydrogen-bond donors (Lipinski definition) is 0. The molecule has 5 nitrogen and oxygen atoms in total. The van der Waals surface area contributed by atoms with E-state index in [9.17, 15) is 0 Å². The second-order valence-corrected chi connectivity index (χ2v) is 4.68. The summed E-state index contributed by atoms with van der Waals surface area (Å²) < 4.78 is 5.64. The van der Waals surface area contributed by atoms with Gasteiger partial charge in [0.25, 0.3) is 0 Å². The minimum Gasteiger partial charge on any atom is -0.377 e. The lowest BCUT2D eigenvalue weighted by Gasteiger charge is -2.17. The third kappa shape index (κ3) is 4.86. The van der Waals surface area contributed by atoms with E-state index in [2.05, 4.69) is 22.1 Å². The first-order valence-corrected chi connectivity index (χ1v) is 6.84. The van der Waals surface area contributed by atoms with Crippen molar-refractivity contribution in [2.24, 2.45) is 0 Å². The Bertz CT molecular complexity index is 577. The summed E-state index contributed by atoms with van der Waals surface area (Å²) in [5.74, 6) is 0.761. The number of anilines is 1. The van der Waals surface area contributed by atoms with E-state index in [1.807, 2.05) is 36.2 Å². The molecule has 0 unspecified atom stereocenters. The largest absolute Gasteiger partial charge is 0.377 e. The van der Waals surface area contributed by atoms with Crippen LogP contribution in [0.25, 0.3) is 0 Å². The molecule has 0 atom stereocenters. The van der Waals surface area contributed by atoms with Crippen molar-refractivity contribution in [3.63, 3.8) is 0 Å². The maximum Gasteiger partial charge on any atom is 0.158 e. The van der Waals surface area contributed by atoms with Gasteiger partial charge in [0.05, 0.1) is 19.0 Å². The average Bonchev–Trinajstić information content (AvgIpc) is 2.55. The van der Waals surface area contributed by atoms with Gasteiger partial charge in [-0.1, -0.05) is 30.3 Å². The van der Waals surface area contributed by atoms with E-state index in [1.165, 1.54) is 11.8 Å². The summed E-state index contributed by atoms with van der Waals surface area (Å²) in [6.07, 6.45) is 4.01. The van der Waals surface area contributed by atoms with Crippen LogP contribution in [0.3, 0.4) is 0 Å². The molecule has 0 saturated carbocycles. The van der Waals surface area contributed by atoms with Crippen molar-refractivity contribution < 1.29 is 4.74 Å². The van der Waals surface area contributed by atoms with Crippen LogP contribution in [0.5, 0.6) is 0 Å². The molecule has 1 heterocycles. The van der Waals surface area contributed by atoms with Gasteiger partial charge in [-0.3, -0.25) is 0 Å². The van der Waals surface area contributed by atoms with Crippen LogP contribution in [0.4, 0.5) is 5.82 Å². The Kier molecular flexibility index (Phi) is 5.68. The highest BCUT2D eigenvalue weighted by Gasteiger charge is 2.03. The van der Waals surface area contributed by atoms with Gasteiger partial charge in [0.2, 0.25) is 0 Å². The number of aromatic nitrogens is 2. The molecular weight excluding hydrogens is 264 g/mol. The molecule has 0 fully saturated rings. The maximum absolute atomic E-state index is 8.68. The molecule has 0 amide bonds. The average molecular weight is 282 g/mol. The standard InChI is InChI=1S/C16H18N4O/c1-20(16-12-18-15(10-17)11-19-16)8-5-9-21-13-14-6-3-2-4-7-14/h2-4,6-7,11-12H,5,8-9,13H2,1H3. The van der Waals surface area contributed by atoms with Crippen LogP contribution in [0, 0.1) is 11.3 Å². The van der Waals surface area contributed by atoms with Gasteiger partial charge in [0, 0.05) is 20.2 Å². The molecule has 0 bridgehead atoms. The molecule has 0 aliphatic carbocycles. The lowest BCUT2D eigenvalue weighted by molar-refractivity contribution is 0.119. The number of benzene rings is 1. The minimum atomic E-state index is 0.332. The van der Waals surface area contributed by atoms with Crippen molar-refractivity contribution >= 4 is 5.82 Å². The summed E-state index contributed by atoms with van der Waals surface area (Å²) in [7, 11) is 1.95. The summed E-state index contributed by atoms with van der Waals surface area (Å²) in [5.41, 5.74) is 1.52. The van der Waals surface area contributed by atoms with E-state index in [0.29, 0.717) is 18.9 Å². The normalized spacial score (nSPS) is 10.1. The number of rotatable bonds is 7. The van der Waals surface area contributed by atoms with Crippen LogP contribution >= 0.6 is 0 Å². The molecule has 21 heavy (non-hydrogen) atoms. The smallest absolute Gasteiger partial charge is 0.158 e. The molecule has 0 aliphatic heterocycles. The van der Waals surface area contributed by atoms with Crippen molar-refractivity contribution in [2.45, 2.75) is 13.0 Å². The summed E-state index contributed by atoms with van der Waals surface area (Å²) in [6, 6.07) is 12.1. The van der Waals surface area contributed by atoms with Gasteiger partial charge >= 0.3 is 0 Å². The summed E-state index contributed by atoms with van der Waals surface area (Å²) in [6.45, 7) is 2.17. The summed E-state index contributed by atoms with van der Waals surface area (Å²) in [4.78, 5) is 10.2. The van der Waals surface area contributed by atoms with E-state index < -0.39 is 0 Å². The molecule has 108 valence electrons. The molecule has 0 radical (unpaired) electrons. The Morgan fingerprint density at radius 1 is 1.19 bits per heavy atom. The third-order valence-electron chi connectivity index (χ3n) is 3.04. The first kappa shape index (κ1) is 14.9. The second kappa shape index (κ2) is 7.98. The SMILES string of the molecule is CN(CCCOCc1ccccc1)c1cnc(C#N)cn1. The van der Waals surface area contributed by atoms with Gasteiger partial charge < -0.3 is 9.64 Å². The highest BCUT2D eigenvalue weighted by Crippen LogP contribution is 2.07. The fourth-order valence-corrected chi connectivity index (χ4v) is 1.86. The van der Waals surface area contributed by atoms with Crippen LogP contribution in [-0.4, -0.2) is 30.2 Å². The highest BCUT2D eigenvalue weighted by molar-refractivity contribution is 5.35. The molecule has 0 aliphatic rings. The summed E-state index contributed by atoms with van der Waals surface area (Å²) in [5, 5.41) is 8.68. The second-order valence-electron chi connectivity index (χ2n) is 4.68. The first-order chi connectivity index (χ1) is 10.3. The zero-order chi connectivity index (χ0) is 14.9. The van der Waals surface area contributed by atoms with Crippen molar-refractivity contribution in [1.82, 2.24) is 9.97 Å². The number of nitriles is 1. The Balaban J connectivity index is 1.67. The van der Waals surface area contributed by atoms with E-state index in [4.69, 9.17) is 10.00 Å². The van der Waals surface area contributed by atoms with Crippen LogP contribution in [-0.2, 0) is 11.3 Å². The minimum absolute atomic E-state index is 0.332. The molecule has 0 saturated heterocycles. The molecule has 0 N–H and O–H groups in total. The quantitative estimate of drug-likeness (QED) is 0.730. The highest BCUT2D eigenvalue weighted by atomic mass is 16.5. The molecular formula is C16H18N4O. The van der Waals surface area contributed by atoms with Gasteiger partial charge in [0.1, 0.15) is 11.9 Å². The van der Waals surface area contributed by atoms with E-state index in [1.54, 1.807) is 6.20 Å². The Morgan fingerprint density at radius 2 is 2.00 bits per heavy atom. The van der Waals surface area contributed by atoms with Gasteiger partial charge in [-0.2, -0.15) is 5.26 Å². The van der Waals surface area contributed by atoms with E-state index in [-0.39, 0.29) is 0 Å². The number of hydrogen-bond acceptors (Lipinski definition) is 5. The Morgan fingerprint density at radius 3 is 2.67 bits per heavy atom. The number of ether oxygens (including phenoxy) is 1. The van der Waals surface area contributed by atoms with Gasteiger partial charge in [0.15, 0.2) is 5.69 Å². The fraction of sp³-hybridized carbons (Fsp3) is 0.312. The molecule has 1 aromatic carbocycles. The fourth-order valence-electron chi connectivity index (χ4n) is 1.86. The topological polar surface area (TPSA) is 62.0 Å². The van der Waals surface area contributed by atoms with Gasteiger partial charge in [-0.25, -0.2) is 9.97 Å². The molecule has 0 spiro atoms. The van der Waals surface area contributed by atoms with Crippen molar-refractivity contribution in [3.05, 3.63) is 54.0 Å². The van der Waals surface area contributed by atoms with E-state index >= 15 is 0 Å². The van der Waals surface area contributed by atoms with Gasteiger partial charge in [-0.05, 0) is 12.0 Å². The summed E-state index contributed by atoms with van der Waals surface area (Å²) >= 11 is 0. The van der Waals surface area contributed by atoms with E-state index in [0.717, 1.165) is 18.8 Å². The maximum atomic E-state index is 8.68. The van der Waals surface area contributed by atoms with Crippen LogP contribution in [0.1, 0.15) is 17.7 Å². The molecule has 1 aromatic heterocycles. The van der Waals surface area contributed by atoms with Crippen LogP contribution in [0.2, 0.25) is 0 Å². The molecule has 2 aromatic rings. The predicted octanol–water partition coefficient (Wildman–Crippen LogP) is 2.39. The molecule has 5 heteroatoms. The lowest BCUT2D eigenvalue weighted by Crippen LogP contribution is -2.21. The van der Waals surface area contributed by atoms with Crippen molar-refractivity contribution in [3.8, 4) is 6.07 Å². The Labute approximate surface area is 124 Å². The number of nitrogens with zero attached hydrogens (tertiary/aromatic N) is 4.